The molecule has 0 fully saturated rings. The van der Waals surface area contributed by atoms with Crippen LogP contribution in [0.5, 0.6) is 5.75 Å². The van der Waals surface area contributed by atoms with Crippen molar-refractivity contribution >= 4 is 27.8 Å². The van der Waals surface area contributed by atoms with E-state index in [9.17, 15) is 9.59 Å². The first-order valence-corrected chi connectivity index (χ1v) is 7.01. The van der Waals surface area contributed by atoms with Crippen LogP contribution in [0.15, 0.2) is 22.7 Å². The van der Waals surface area contributed by atoms with Gasteiger partial charge in [-0.05, 0) is 54.4 Å². The molecule has 0 bridgehead atoms. The molecule has 20 heavy (non-hydrogen) atoms. The first-order valence-electron chi connectivity index (χ1n) is 6.22. The molecule has 0 saturated carbocycles. The van der Waals surface area contributed by atoms with E-state index in [1.807, 2.05) is 32.9 Å². The smallest absolute Gasteiger partial charge is 0.344 e. The molecule has 5 nitrogen and oxygen atoms in total. The largest absolute Gasteiger partial charge is 0.481 e. The lowest BCUT2D eigenvalue weighted by molar-refractivity contribution is -0.150. The third kappa shape index (κ3) is 6.06. The predicted molar refractivity (Wildman–Crippen MR) is 78.6 cm³/mol. The van der Waals surface area contributed by atoms with E-state index in [4.69, 9.17) is 9.47 Å². The summed E-state index contributed by atoms with van der Waals surface area (Å²) in [6, 6.07) is 5.54. The third-order valence-corrected chi connectivity index (χ3v) is 2.87. The van der Waals surface area contributed by atoms with Gasteiger partial charge in [0.05, 0.1) is 4.47 Å². The van der Waals surface area contributed by atoms with Crippen molar-refractivity contribution in [2.45, 2.75) is 26.8 Å². The van der Waals surface area contributed by atoms with Gasteiger partial charge in [0, 0.05) is 6.04 Å². The monoisotopic (exact) mass is 343 g/mol. The number of esters is 1. The maximum Gasteiger partial charge on any atom is 0.344 e. The summed E-state index contributed by atoms with van der Waals surface area (Å²) in [5.41, 5.74) is 1.08. The minimum Gasteiger partial charge on any atom is -0.481 e. The molecule has 0 aliphatic carbocycles. The van der Waals surface area contributed by atoms with Crippen LogP contribution in [0.4, 0.5) is 0 Å². The van der Waals surface area contributed by atoms with Crippen LogP contribution in [0.1, 0.15) is 19.4 Å². The Kier molecular flexibility index (Phi) is 6.51. The Labute approximate surface area is 126 Å². The Bertz CT molecular complexity index is 488. The minimum absolute atomic E-state index is 0.0148. The predicted octanol–water partition coefficient (Wildman–Crippen LogP) is 2.20. The number of hydrogen-bond donors (Lipinski definition) is 1. The van der Waals surface area contributed by atoms with E-state index in [-0.39, 0.29) is 25.2 Å². The van der Waals surface area contributed by atoms with Crippen LogP contribution >= 0.6 is 15.9 Å². The molecule has 0 radical (unpaired) electrons. The number of amides is 1. The summed E-state index contributed by atoms with van der Waals surface area (Å²) in [4.78, 5) is 22.7. The zero-order chi connectivity index (χ0) is 15.1. The molecule has 0 aliphatic rings. The van der Waals surface area contributed by atoms with Crippen LogP contribution in [0.25, 0.3) is 0 Å². The highest BCUT2D eigenvalue weighted by molar-refractivity contribution is 9.10. The van der Waals surface area contributed by atoms with Crippen LogP contribution in [0.2, 0.25) is 0 Å². The number of carbonyl (C=O) groups is 2. The second kappa shape index (κ2) is 7.89. The van der Waals surface area contributed by atoms with Crippen LogP contribution in [0, 0.1) is 6.92 Å². The van der Waals surface area contributed by atoms with Gasteiger partial charge in [-0.25, -0.2) is 4.79 Å². The van der Waals surface area contributed by atoms with Gasteiger partial charge in [0.15, 0.2) is 13.2 Å². The van der Waals surface area contributed by atoms with Crippen molar-refractivity contribution in [3.8, 4) is 5.75 Å². The summed E-state index contributed by atoms with van der Waals surface area (Å²) in [6.45, 7) is 5.08. The summed E-state index contributed by atoms with van der Waals surface area (Å²) in [6.07, 6.45) is 0. The lowest BCUT2D eigenvalue weighted by Gasteiger charge is -2.10. The Morgan fingerprint density at radius 3 is 2.60 bits per heavy atom. The number of rotatable bonds is 6. The average Bonchev–Trinajstić information content (AvgIpc) is 2.34. The first-order chi connectivity index (χ1) is 9.38. The molecule has 6 heteroatoms. The van der Waals surface area contributed by atoms with Gasteiger partial charge in [0.1, 0.15) is 5.75 Å². The maximum atomic E-state index is 11.4. The van der Waals surface area contributed by atoms with Gasteiger partial charge in [-0.3, -0.25) is 4.79 Å². The maximum absolute atomic E-state index is 11.4. The molecule has 1 rings (SSSR count). The second-order valence-electron chi connectivity index (χ2n) is 4.61. The Morgan fingerprint density at radius 1 is 1.30 bits per heavy atom. The molecule has 1 amide bonds. The van der Waals surface area contributed by atoms with Gasteiger partial charge >= 0.3 is 5.97 Å². The number of carbonyl (C=O) groups excluding carboxylic acids is 2. The van der Waals surface area contributed by atoms with Crippen LogP contribution in [-0.2, 0) is 14.3 Å². The van der Waals surface area contributed by atoms with Gasteiger partial charge < -0.3 is 14.8 Å². The molecular formula is C14H18BrNO4. The van der Waals surface area contributed by atoms with E-state index in [2.05, 4.69) is 21.2 Å². The molecule has 0 heterocycles. The third-order valence-electron chi connectivity index (χ3n) is 2.25. The molecule has 0 saturated heterocycles. The number of hydrogen-bond acceptors (Lipinski definition) is 4. The number of aryl methyl sites for hydroxylation is 1. The molecule has 0 aliphatic heterocycles. The van der Waals surface area contributed by atoms with Crippen LogP contribution < -0.4 is 10.1 Å². The molecular weight excluding hydrogens is 326 g/mol. The summed E-state index contributed by atoms with van der Waals surface area (Å²) < 4.78 is 10.9. The molecule has 0 spiro atoms. The van der Waals surface area contributed by atoms with Crippen molar-refractivity contribution in [1.82, 2.24) is 5.32 Å². The van der Waals surface area contributed by atoms with Gasteiger partial charge in [-0.15, -0.1) is 0 Å². The van der Waals surface area contributed by atoms with Gasteiger partial charge in [-0.1, -0.05) is 6.07 Å². The second-order valence-corrected chi connectivity index (χ2v) is 5.46. The van der Waals surface area contributed by atoms with Crippen LogP contribution in [-0.4, -0.2) is 31.1 Å². The fourth-order valence-electron chi connectivity index (χ4n) is 1.41. The normalized spacial score (nSPS) is 10.2. The zero-order valence-electron chi connectivity index (χ0n) is 11.7. The molecule has 1 aromatic rings. The number of benzene rings is 1. The van der Waals surface area contributed by atoms with E-state index in [1.54, 1.807) is 6.07 Å². The Hall–Kier alpha value is -1.56. The topological polar surface area (TPSA) is 64.6 Å². The van der Waals surface area contributed by atoms with Gasteiger partial charge in [-0.2, -0.15) is 0 Å². The standard InChI is InChI=1S/C14H18BrNO4/c1-9(2)16-13(17)7-20-14(18)8-19-12-5-4-10(3)6-11(12)15/h4-6,9H,7-8H2,1-3H3,(H,16,17). The fourth-order valence-corrected chi connectivity index (χ4v) is 2.02. The fraction of sp³-hybridized carbons (Fsp3) is 0.429. The van der Waals surface area contributed by atoms with Crippen molar-refractivity contribution in [2.75, 3.05) is 13.2 Å². The Morgan fingerprint density at radius 2 is 2.00 bits per heavy atom. The number of ether oxygens (including phenoxy) is 2. The summed E-state index contributed by atoms with van der Waals surface area (Å²) >= 11 is 3.35. The molecule has 0 atom stereocenters. The highest BCUT2D eigenvalue weighted by atomic mass is 79.9. The molecule has 1 aromatic carbocycles. The SMILES string of the molecule is Cc1ccc(OCC(=O)OCC(=O)NC(C)C)c(Br)c1. The van der Waals surface area contributed by atoms with Gasteiger partial charge in [0.25, 0.3) is 5.91 Å². The molecule has 110 valence electrons. The lowest BCUT2D eigenvalue weighted by atomic mass is 10.2. The quantitative estimate of drug-likeness (QED) is 0.804. The zero-order valence-corrected chi connectivity index (χ0v) is 13.3. The van der Waals surface area contributed by atoms with Crippen molar-refractivity contribution in [3.05, 3.63) is 28.2 Å². The highest BCUT2D eigenvalue weighted by Gasteiger charge is 2.10. The van der Waals surface area contributed by atoms with E-state index in [0.717, 1.165) is 10.0 Å². The highest BCUT2D eigenvalue weighted by Crippen LogP contribution is 2.25. The van der Waals surface area contributed by atoms with Crippen molar-refractivity contribution in [2.24, 2.45) is 0 Å². The summed E-state index contributed by atoms with van der Waals surface area (Å²) in [7, 11) is 0. The van der Waals surface area contributed by atoms with E-state index in [0.29, 0.717) is 5.75 Å². The van der Waals surface area contributed by atoms with Crippen molar-refractivity contribution < 1.29 is 19.1 Å². The molecule has 0 unspecified atom stereocenters. The van der Waals surface area contributed by atoms with E-state index < -0.39 is 5.97 Å². The molecule has 1 N–H and O–H groups in total. The number of nitrogens with one attached hydrogen (secondary N) is 1. The van der Waals surface area contributed by atoms with Crippen molar-refractivity contribution in [3.63, 3.8) is 0 Å². The summed E-state index contributed by atoms with van der Waals surface area (Å²) in [5.74, 6) is -0.361. The minimum atomic E-state index is -0.587. The van der Waals surface area contributed by atoms with Crippen LogP contribution in [0.3, 0.4) is 0 Å². The van der Waals surface area contributed by atoms with E-state index in [1.165, 1.54) is 0 Å². The summed E-state index contributed by atoms with van der Waals surface area (Å²) in [5, 5.41) is 2.62. The van der Waals surface area contributed by atoms with E-state index >= 15 is 0 Å². The lowest BCUT2D eigenvalue weighted by Crippen LogP contribution is -2.34. The number of halogens is 1. The first kappa shape index (κ1) is 16.5. The van der Waals surface area contributed by atoms with Crippen molar-refractivity contribution in [1.29, 1.82) is 0 Å². The van der Waals surface area contributed by atoms with Gasteiger partial charge in [0.2, 0.25) is 0 Å². The Balaban J connectivity index is 2.34. The molecule has 0 aromatic heterocycles. The average molecular weight is 344 g/mol.